The summed E-state index contributed by atoms with van der Waals surface area (Å²) < 4.78 is 2.13. The van der Waals surface area contributed by atoms with E-state index in [9.17, 15) is 4.79 Å². The minimum atomic E-state index is -0.480. The smallest absolute Gasteiger partial charge is 0.237 e. The van der Waals surface area contributed by atoms with Crippen LogP contribution >= 0.6 is 12.4 Å². The largest absolute Gasteiger partial charge is 0.345 e. The molecule has 23 heavy (non-hydrogen) atoms. The maximum Gasteiger partial charge on any atom is 0.237 e. The van der Waals surface area contributed by atoms with E-state index >= 15 is 0 Å². The third-order valence-corrected chi connectivity index (χ3v) is 4.31. The lowest BCUT2D eigenvalue weighted by Crippen LogP contribution is -2.45. The van der Waals surface area contributed by atoms with Crippen LogP contribution in [0.2, 0.25) is 0 Å². The lowest BCUT2D eigenvalue weighted by Gasteiger charge is -2.21. The number of carbonyl (C=O) groups excluding carboxylic acids is 1. The van der Waals surface area contributed by atoms with Crippen LogP contribution in [-0.2, 0) is 11.3 Å². The van der Waals surface area contributed by atoms with E-state index in [1.807, 2.05) is 39.0 Å². The number of imidazole rings is 1. The van der Waals surface area contributed by atoms with Gasteiger partial charge >= 0.3 is 0 Å². The van der Waals surface area contributed by atoms with Crippen LogP contribution in [0.1, 0.15) is 46.0 Å². The maximum atomic E-state index is 12.3. The maximum absolute atomic E-state index is 12.3. The molecule has 0 bridgehead atoms. The number of rotatable bonds is 6. The number of fused-ring (bicyclic) bond motifs is 1. The highest BCUT2D eigenvalue weighted by Crippen LogP contribution is 2.21. The van der Waals surface area contributed by atoms with E-state index in [0.29, 0.717) is 0 Å². The zero-order valence-electron chi connectivity index (χ0n) is 14.2. The minimum absolute atomic E-state index is 0. The average molecular weight is 339 g/mol. The fourth-order valence-corrected chi connectivity index (χ4v) is 2.64. The molecule has 0 aliphatic carbocycles. The van der Waals surface area contributed by atoms with Gasteiger partial charge in [-0.25, -0.2) is 4.98 Å². The molecule has 1 amide bonds. The molecule has 0 aliphatic heterocycles. The van der Waals surface area contributed by atoms with Gasteiger partial charge in [0.1, 0.15) is 5.82 Å². The fourth-order valence-electron chi connectivity index (χ4n) is 2.64. The van der Waals surface area contributed by atoms with Crippen LogP contribution in [0.4, 0.5) is 0 Å². The van der Waals surface area contributed by atoms with Gasteiger partial charge in [-0.2, -0.15) is 0 Å². The average Bonchev–Trinajstić information content (AvgIpc) is 2.91. The number of carbonyl (C=O) groups is 1. The SMILES string of the molecule is CCC(C)C(N)C(=O)NC(C)c1nc2ccccc2n1CC.Cl. The fraction of sp³-hybridized carbons (Fsp3) is 0.529. The molecule has 1 aromatic heterocycles. The first-order valence-electron chi connectivity index (χ1n) is 8.00. The molecule has 0 fully saturated rings. The van der Waals surface area contributed by atoms with Crippen molar-refractivity contribution in [3.05, 3.63) is 30.1 Å². The van der Waals surface area contributed by atoms with Gasteiger partial charge in [0.15, 0.2) is 0 Å². The number of para-hydroxylation sites is 2. The molecule has 0 radical (unpaired) electrons. The van der Waals surface area contributed by atoms with Gasteiger partial charge in [-0.1, -0.05) is 32.4 Å². The topological polar surface area (TPSA) is 72.9 Å². The molecule has 5 nitrogen and oxygen atoms in total. The Hall–Kier alpha value is -1.59. The Morgan fingerprint density at radius 1 is 1.30 bits per heavy atom. The van der Waals surface area contributed by atoms with Gasteiger partial charge in [0.05, 0.1) is 23.1 Å². The number of nitrogens with one attached hydrogen (secondary N) is 1. The Bertz CT molecular complexity index is 655. The molecule has 1 aromatic carbocycles. The van der Waals surface area contributed by atoms with Crippen LogP contribution in [0.25, 0.3) is 11.0 Å². The lowest BCUT2D eigenvalue weighted by atomic mass is 9.99. The number of aromatic nitrogens is 2. The second kappa shape index (κ2) is 8.31. The molecule has 2 aromatic rings. The normalized spacial score (nSPS) is 14.8. The van der Waals surface area contributed by atoms with Crippen LogP contribution in [0.15, 0.2) is 24.3 Å². The Morgan fingerprint density at radius 2 is 1.96 bits per heavy atom. The molecule has 0 spiro atoms. The van der Waals surface area contributed by atoms with Crippen molar-refractivity contribution in [2.45, 2.75) is 52.7 Å². The van der Waals surface area contributed by atoms with Gasteiger partial charge in [-0.05, 0) is 31.9 Å². The van der Waals surface area contributed by atoms with E-state index in [2.05, 4.69) is 27.9 Å². The second-order valence-electron chi connectivity index (χ2n) is 5.84. The number of aryl methyl sites for hydroxylation is 1. The van der Waals surface area contributed by atoms with E-state index in [1.165, 1.54) is 0 Å². The summed E-state index contributed by atoms with van der Waals surface area (Å²) in [5.41, 5.74) is 8.04. The van der Waals surface area contributed by atoms with E-state index in [-0.39, 0.29) is 30.3 Å². The Kier molecular flexibility index (Phi) is 7.03. The molecule has 2 rings (SSSR count). The van der Waals surface area contributed by atoms with Gasteiger partial charge < -0.3 is 15.6 Å². The number of nitrogens with zero attached hydrogens (tertiary/aromatic N) is 2. The van der Waals surface area contributed by atoms with Crippen LogP contribution < -0.4 is 11.1 Å². The number of nitrogens with two attached hydrogens (primary N) is 1. The quantitative estimate of drug-likeness (QED) is 0.850. The number of hydrogen-bond donors (Lipinski definition) is 2. The Morgan fingerprint density at radius 3 is 2.57 bits per heavy atom. The number of hydrogen-bond acceptors (Lipinski definition) is 3. The zero-order valence-corrected chi connectivity index (χ0v) is 15.1. The van der Waals surface area contributed by atoms with Crippen molar-refractivity contribution in [3.63, 3.8) is 0 Å². The molecule has 3 N–H and O–H groups in total. The van der Waals surface area contributed by atoms with Gasteiger partial charge in [-0.15, -0.1) is 12.4 Å². The van der Waals surface area contributed by atoms with Gasteiger partial charge in [0, 0.05) is 6.54 Å². The third kappa shape index (κ3) is 4.03. The molecular weight excluding hydrogens is 312 g/mol. The van der Waals surface area contributed by atoms with E-state index in [0.717, 1.165) is 29.8 Å². The molecule has 1 heterocycles. The van der Waals surface area contributed by atoms with Gasteiger partial charge in [-0.3, -0.25) is 4.79 Å². The van der Waals surface area contributed by atoms with Crippen LogP contribution in [-0.4, -0.2) is 21.5 Å². The summed E-state index contributed by atoms with van der Waals surface area (Å²) in [5.74, 6) is 0.919. The molecule has 0 saturated carbocycles. The Labute approximate surface area is 144 Å². The van der Waals surface area contributed by atoms with Crippen molar-refractivity contribution in [2.24, 2.45) is 11.7 Å². The highest BCUT2D eigenvalue weighted by atomic mass is 35.5. The number of halogens is 1. The van der Waals surface area contributed by atoms with E-state index in [1.54, 1.807) is 0 Å². The van der Waals surface area contributed by atoms with Crippen LogP contribution in [0, 0.1) is 5.92 Å². The minimum Gasteiger partial charge on any atom is -0.345 e. The van der Waals surface area contributed by atoms with Gasteiger partial charge in [0.2, 0.25) is 5.91 Å². The highest BCUT2D eigenvalue weighted by molar-refractivity contribution is 5.85. The summed E-state index contributed by atoms with van der Waals surface area (Å²) in [6, 6.07) is 7.37. The molecule has 3 atom stereocenters. The summed E-state index contributed by atoms with van der Waals surface area (Å²) in [7, 11) is 0. The summed E-state index contributed by atoms with van der Waals surface area (Å²) >= 11 is 0. The standard InChI is InChI=1S/C17H26N4O.ClH/c1-5-11(3)15(18)17(22)19-12(4)16-20-13-9-7-8-10-14(13)21(16)6-2;/h7-12,15H,5-6,18H2,1-4H3,(H,19,22);1H. The predicted molar refractivity (Wildman–Crippen MR) is 96.6 cm³/mol. The lowest BCUT2D eigenvalue weighted by molar-refractivity contribution is -0.124. The van der Waals surface area contributed by atoms with Crippen molar-refractivity contribution in [3.8, 4) is 0 Å². The van der Waals surface area contributed by atoms with Crippen molar-refractivity contribution < 1.29 is 4.79 Å². The first kappa shape index (κ1) is 19.5. The monoisotopic (exact) mass is 338 g/mol. The molecule has 3 unspecified atom stereocenters. The van der Waals surface area contributed by atoms with E-state index < -0.39 is 6.04 Å². The predicted octanol–water partition coefficient (Wildman–Crippen LogP) is 3.03. The van der Waals surface area contributed by atoms with E-state index in [4.69, 9.17) is 5.73 Å². The third-order valence-electron chi connectivity index (χ3n) is 4.31. The summed E-state index contributed by atoms with van der Waals surface area (Å²) in [4.78, 5) is 16.9. The molecule has 6 heteroatoms. The van der Waals surface area contributed by atoms with Gasteiger partial charge in [0.25, 0.3) is 0 Å². The molecule has 0 aliphatic rings. The summed E-state index contributed by atoms with van der Waals surface area (Å²) in [6.07, 6.45) is 0.885. The number of amides is 1. The van der Waals surface area contributed by atoms with Crippen molar-refractivity contribution in [1.29, 1.82) is 0 Å². The van der Waals surface area contributed by atoms with Crippen LogP contribution in [0.3, 0.4) is 0 Å². The van der Waals surface area contributed by atoms with Crippen molar-refractivity contribution in [1.82, 2.24) is 14.9 Å². The highest BCUT2D eigenvalue weighted by Gasteiger charge is 2.23. The van der Waals surface area contributed by atoms with Crippen molar-refractivity contribution >= 4 is 29.3 Å². The second-order valence-corrected chi connectivity index (χ2v) is 5.84. The summed E-state index contributed by atoms with van der Waals surface area (Å²) in [5, 5.41) is 3.00. The Balaban J connectivity index is 0.00000264. The zero-order chi connectivity index (χ0) is 16.3. The molecular formula is C17H27ClN4O. The molecule has 128 valence electrons. The summed E-state index contributed by atoms with van der Waals surface area (Å²) in [6.45, 7) is 8.88. The number of benzene rings is 1. The molecule has 0 saturated heterocycles. The first-order valence-corrected chi connectivity index (χ1v) is 8.00. The first-order chi connectivity index (χ1) is 10.5. The van der Waals surface area contributed by atoms with Crippen molar-refractivity contribution in [2.75, 3.05) is 0 Å². The van der Waals surface area contributed by atoms with Crippen LogP contribution in [0.5, 0.6) is 0 Å².